The summed E-state index contributed by atoms with van der Waals surface area (Å²) in [6, 6.07) is 6.00. The molecule has 4 N–H and O–H groups in total. The van der Waals surface area contributed by atoms with E-state index in [2.05, 4.69) is 22.1 Å². The Balaban J connectivity index is 1.58. The molecule has 5 rings (SSSR count). The summed E-state index contributed by atoms with van der Waals surface area (Å²) in [7, 11) is 0. The Hall–Kier alpha value is -3.27. The normalized spacial score (nSPS) is 15.3. The van der Waals surface area contributed by atoms with E-state index >= 15 is 0 Å². The van der Waals surface area contributed by atoms with Crippen molar-refractivity contribution in [2.75, 3.05) is 23.3 Å². The maximum atomic E-state index is 12.9. The summed E-state index contributed by atoms with van der Waals surface area (Å²) >= 11 is 1.44. The second-order valence-corrected chi connectivity index (χ2v) is 8.79. The molecular weight excluding hydrogens is 426 g/mol. The number of carbonyl (C=O) groups excluding carboxylic acids is 2. The van der Waals surface area contributed by atoms with Crippen LogP contribution in [0.1, 0.15) is 52.5 Å². The highest BCUT2D eigenvalue weighted by atomic mass is 32.2. The lowest BCUT2D eigenvalue weighted by molar-refractivity contribution is 0.0779. The van der Waals surface area contributed by atoms with Crippen molar-refractivity contribution in [1.29, 1.82) is 0 Å². The van der Waals surface area contributed by atoms with Gasteiger partial charge in [-0.3, -0.25) is 9.59 Å². The summed E-state index contributed by atoms with van der Waals surface area (Å²) in [5.41, 5.74) is 10.8. The number of fused-ring (bicyclic) bond motifs is 2. The molecule has 2 amide bonds. The Morgan fingerprint density at radius 3 is 2.88 bits per heavy atom. The monoisotopic (exact) mass is 451 g/mol. The molecule has 0 spiro atoms. The standard InChI is InChI=1S/C22H25N7O2S/c1-3-7-28-11-13-9-12(10-16(27-32-2)17(13)22(28)31)15-6-8-29-20(25-15)18(19(23)26-29)21(30)24-14-4-5-14/h6,8-10,14,27H,3-5,7,11H2,1-2H3,(H2,23,26)(H,24,30). The van der Waals surface area contributed by atoms with Gasteiger partial charge in [0.25, 0.3) is 11.8 Å². The Morgan fingerprint density at radius 1 is 1.34 bits per heavy atom. The van der Waals surface area contributed by atoms with Gasteiger partial charge in [-0.05, 0) is 43.0 Å². The van der Waals surface area contributed by atoms with E-state index in [9.17, 15) is 9.59 Å². The van der Waals surface area contributed by atoms with Crippen LogP contribution in [0.3, 0.4) is 0 Å². The lowest BCUT2D eigenvalue weighted by Gasteiger charge is -2.14. The van der Waals surface area contributed by atoms with Gasteiger partial charge in [0.15, 0.2) is 11.5 Å². The molecule has 0 unspecified atom stereocenters. The van der Waals surface area contributed by atoms with E-state index in [-0.39, 0.29) is 23.7 Å². The number of anilines is 2. The van der Waals surface area contributed by atoms with Gasteiger partial charge in [-0.15, -0.1) is 5.10 Å². The molecule has 0 radical (unpaired) electrons. The van der Waals surface area contributed by atoms with Crippen LogP contribution in [0, 0.1) is 0 Å². The Bertz CT molecular complexity index is 1230. The van der Waals surface area contributed by atoms with Crippen molar-refractivity contribution in [1.82, 2.24) is 24.8 Å². The van der Waals surface area contributed by atoms with Crippen molar-refractivity contribution in [2.45, 2.75) is 38.8 Å². The molecule has 0 saturated heterocycles. The first-order chi connectivity index (χ1) is 15.5. The number of nitrogens with two attached hydrogens (primary N) is 1. The molecule has 3 heterocycles. The van der Waals surface area contributed by atoms with Gasteiger partial charge in [0.05, 0.1) is 16.9 Å². The molecule has 1 saturated carbocycles. The van der Waals surface area contributed by atoms with Crippen LogP contribution < -0.4 is 15.8 Å². The molecule has 2 aliphatic rings. The van der Waals surface area contributed by atoms with Crippen LogP contribution in [0.15, 0.2) is 24.4 Å². The number of hydrogen-bond donors (Lipinski definition) is 3. The van der Waals surface area contributed by atoms with E-state index < -0.39 is 0 Å². The molecule has 9 nitrogen and oxygen atoms in total. The van der Waals surface area contributed by atoms with Crippen LogP contribution in [-0.2, 0) is 6.54 Å². The zero-order valence-electron chi connectivity index (χ0n) is 18.0. The van der Waals surface area contributed by atoms with Crippen LogP contribution in [0.2, 0.25) is 0 Å². The fourth-order valence-electron chi connectivity index (χ4n) is 4.11. The average Bonchev–Trinajstić information content (AvgIpc) is 3.43. The first-order valence-corrected chi connectivity index (χ1v) is 11.9. The second-order valence-electron chi connectivity index (χ2n) is 8.18. The molecular formula is C22H25N7O2S. The number of nitrogens with one attached hydrogen (secondary N) is 2. The van der Waals surface area contributed by atoms with Crippen molar-refractivity contribution in [3.8, 4) is 11.3 Å². The summed E-state index contributed by atoms with van der Waals surface area (Å²) in [6.07, 6.45) is 6.55. The quantitative estimate of drug-likeness (QED) is 0.473. The summed E-state index contributed by atoms with van der Waals surface area (Å²) in [6.45, 7) is 3.37. The molecule has 32 heavy (non-hydrogen) atoms. The largest absolute Gasteiger partial charge is 0.381 e. The molecule has 1 aliphatic carbocycles. The Kier molecular flexibility index (Phi) is 5.16. The number of carbonyl (C=O) groups is 2. The van der Waals surface area contributed by atoms with E-state index in [1.54, 1.807) is 6.20 Å². The van der Waals surface area contributed by atoms with Crippen LogP contribution in [0.4, 0.5) is 11.5 Å². The summed E-state index contributed by atoms with van der Waals surface area (Å²) in [5.74, 6) is -0.0348. The summed E-state index contributed by atoms with van der Waals surface area (Å²) in [4.78, 5) is 32.2. The van der Waals surface area contributed by atoms with E-state index in [1.807, 2.05) is 29.4 Å². The Morgan fingerprint density at radius 2 is 2.16 bits per heavy atom. The minimum absolute atomic E-state index is 0.0518. The highest BCUT2D eigenvalue weighted by Crippen LogP contribution is 2.35. The zero-order chi connectivity index (χ0) is 22.4. The number of nitrogen functional groups attached to an aromatic ring is 1. The molecule has 10 heteroatoms. The number of hydrogen-bond acceptors (Lipinski definition) is 7. The fourth-order valence-corrected chi connectivity index (χ4v) is 4.49. The van der Waals surface area contributed by atoms with Crippen molar-refractivity contribution < 1.29 is 9.59 Å². The second kappa shape index (κ2) is 8.01. The maximum absolute atomic E-state index is 12.9. The van der Waals surface area contributed by atoms with Gasteiger partial charge in [0.2, 0.25) is 0 Å². The molecule has 166 valence electrons. The Labute approximate surface area is 189 Å². The van der Waals surface area contributed by atoms with Crippen LogP contribution in [0.5, 0.6) is 0 Å². The van der Waals surface area contributed by atoms with Gasteiger partial charge in [0.1, 0.15) is 5.56 Å². The molecule has 3 aromatic rings. The van der Waals surface area contributed by atoms with E-state index in [4.69, 9.17) is 10.7 Å². The third-order valence-electron chi connectivity index (χ3n) is 5.74. The molecule has 1 fully saturated rings. The van der Waals surface area contributed by atoms with Gasteiger partial charge in [-0.25, -0.2) is 9.50 Å². The van der Waals surface area contributed by atoms with E-state index in [0.29, 0.717) is 23.4 Å². The molecule has 1 aliphatic heterocycles. The number of benzene rings is 1. The lowest BCUT2D eigenvalue weighted by Crippen LogP contribution is -2.26. The first kappa shape index (κ1) is 20.6. The zero-order valence-corrected chi connectivity index (χ0v) is 18.8. The van der Waals surface area contributed by atoms with Gasteiger partial charge < -0.3 is 20.7 Å². The van der Waals surface area contributed by atoms with E-state index in [0.717, 1.165) is 48.2 Å². The van der Waals surface area contributed by atoms with Gasteiger partial charge in [-0.2, -0.15) is 0 Å². The highest BCUT2D eigenvalue weighted by molar-refractivity contribution is 7.99. The van der Waals surface area contributed by atoms with Crippen molar-refractivity contribution in [3.63, 3.8) is 0 Å². The smallest absolute Gasteiger partial charge is 0.259 e. The maximum Gasteiger partial charge on any atom is 0.259 e. The SMILES string of the molecule is CCCN1Cc2cc(-c3ccn4nc(N)c(C(=O)NC5CC5)c4n3)cc(NSC)c2C1=O. The van der Waals surface area contributed by atoms with Crippen LogP contribution in [0.25, 0.3) is 16.9 Å². The van der Waals surface area contributed by atoms with Crippen LogP contribution in [-0.4, -0.2) is 50.2 Å². The lowest BCUT2D eigenvalue weighted by atomic mass is 10.0. The molecule has 2 aromatic heterocycles. The number of aromatic nitrogens is 3. The van der Waals surface area contributed by atoms with Crippen molar-refractivity contribution >= 4 is 40.9 Å². The predicted octanol–water partition coefficient (Wildman–Crippen LogP) is 2.93. The average molecular weight is 452 g/mol. The number of nitrogens with zero attached hydrogens (tertiary/aromatic N) is 4. The van der Waals surface area contributed by atoms with Gasteiger partial charge in [0, 0.05) is 37.1 Å². The number of rotatable bonds is 7. The van der Waals surface area contributed by atoms with Crippen molar-refractivity contribution in [2.24, 2.45) is 0 Å². The summed E-state index contributed by atoms with van der Waals surface area (Å²) in [5, 5.41) is 7.21. The topological polar surface area (TPSA) is 118 Å². The van der Waals surface area contributed by atoms with Gasteiger partial charge >= 0.3 is 0 Å². The first-order valence-electron chi connectivity index (χ1n) is 10.7. The highest BCUT2D eigenvalue weighted by Gasteiger charge is 2.31. The van der Waals surface area contributed by atoms with Crippen LogP contribution >= 0.6 is 11.9 Å². The van der Waals surface area contributed by atoms with Crippen molar-refractivity contribution in [3.05, 3.63) is 41.1 Å². The number of amides is 2. The molecule has 0 atom stereocenters. The van der Waals surface area contributed by atoms with Gasteiger partial charge in [-0.1, -0.05) is 18.9 Å². The molecule has 0 bridgehead atoms. The predicted molar refractivity (Wildman–Crippen MR) is 125 cm³/mol. The third kappa shape index (κ3) is 3.54. The minimum atomic E-state index is -0.246. The third-order valence-corrected chi connectivity index (χ3v) is 6.16. The van der Waals surface area contributed by atoms with E-state index in [1.165, 1.54) is 16.5 Å². The molecule has 1 aromatic carbocycles. The fraction of sp³-hybridized carbons (Fsp3) is 0.364. The minimum Gasteiger partial charge on any atom is -0.381 e. The summed E-state index contributed by atoms with van der Waals surface area (Å²) < 4.78 is 4.78.